The molecule has 2 saturated heterocycles. The second kappa shape index (κ2) is 6.57. The zero-order valence-electron chi connectivity index (χ0n) is 12.8. The monoisotopic (exact) mass is 282 g/mol. The first-order valence-electron chi connectivity index (χ1n) is 7.73. The predicted molar refractivity (Wildman–Crippen MR) is 76.2 cm³/mol. The van der Waals surface area contributed by atoms with Crippen LogP contribution in [0, 0.1) is 5.92 Å². The molecule has 0 aromatic carbocycles. The highest BCUT2D eigenvalue weighted by atomic mass is 16.5. The minimum atomic E-state index is -0.156. The van der Waals surface area contributed by atoms with Gasteiger partial charge in [-0.3, -0.25) is 9.59 Å². The molecule has 20 heavy (non-hydrogen) atoms. The summed E-state index contributed by atoms with van der Waals surface area (Å²) in [5.41, 5.74) is 0. The molecule has 2 amide bonds. The third-order valence-electron chi connectivity index (χ3n) is 4.08. The summed E-state index contributed by atoms with van der Waals surface area (Å²) in [6.07, 6.45) is 2.62. The molecule has 2 heterocycles. The average Bonchev–Trinajstić information content (AvgIpc) is 2.75. The number of morpholine rings is 1. The molecule has 0 aromatic heterocycles. The first-order valence-corrected chi connectivity index (χ1v) is 7.73. The van der Waals surface area contributed by atoms with Gasteiger partial charge in [-0.25, -0.2) is 0 Å². The van der Waals surface area contributed by atoms with Gasteiger partial charge in [0.15, 0.2) is 0 Å². The van der Waals surface area contributed by atoms with Gasteiger partial charge >= 0.3 is 0 Å². The number of rotatable bonds is 4. The summed E-state index contributed by atoms with van der Waals surface area (Å²) in [5, 5.41) is 0. The minimum Gasteiger partial charge on any atom is -0.372 e. The van der Waals surface area contributed by atoms with Crippen LogP contribution in [0.15, 0.2) is 0 Å². The summed E-state index contributed by atoms with van der Waals surface area (Å²) in [4.78, 5) is 28.2. The molecule has 2 fully saturated rings. The number of carbonyl (C=O) groups excluding carboxylic acids is 2. The molecule has 2 aliphatic rings. The van der Waals surface area contributed by atoms with Crippen molar-refractivity contribution in [2.24, 2.45) is 5.92 Å². The van der Waals surface area contributed by atoms with Crippen LogP contribution < -0.4 is 0 Å². The fraction of sp³-hybridized carbons (Fsp3) is 0.867. The third kappa shape index (κ3) is 3.51. The van der Waals surface area contributed by atoms with Gasteiger partial charge in [0.25, 0.3) is 0 Å². The molecule has 5 heteroatoms. The lowest BCUT2D eigenvalue weighted by molar-refractivity contribution is -0.147. The smallest absolute Gasteiger partial charge is 0.228 e. The van der Waals surface area contributed by atoms with E-state index in [1.807, 2.05) is 23.6 Å². The zero-order chi connectivity index (χ0) is 14.7. The van der Waals surface area contributed by atoms with E-state index in [2.05, 4.69) is 6.92 Å². The number of unbranched alkanes of at least 4 members (excludes halogenated alkanes) is 1. The molecule has 5 nitrogen and oxygen atoms in total. The number of ether oxygens (including phenoxy) is 1. The molecule has 2 rings (SSSR count). The van der Waals surface area contributed by atoms with Crippen molar-refractivity contribution >= 4 is 11.8 Å². The number of hydrogen-bond acceptors (Lipinski definition) is 3. The molecule has 0 spiro atoms. The van der Waals surface area contributed by atoms with Crippen LogP contribution in [0.3, 0.4) is 0 Å². The second-order valence-electron chi connectivity index (χ2n) is 6.09. The van der Waals surface area contributed by atoms with Gasteiger partial charge in [0.2, 0.25) is 11.8 Å². The van der Waals surface area contributed by atoms with Crippen LogP contribution in [0.1, 0.15) is 40.0 Å². The molecule has 0 saturated carbocycles. The van der Waals surface area contributed by atoms with Gasteiger partial charge in [0.1, 0.15) is 0 Å². The maximum absolute atomic E-state index is 12.5. The minimum absolute atomic E-state index is 0.0796. The predicted octanol–water partition coefficient (Wildman–Crippen LogP) is 1.27. The van der Waals surface area contributed by atoms with Crippen molar-refractivity contribution < 1.29 is 14.3 Å². The van der Waals surface area contributed by atoms with Crippen molar-refractivity contribution in [2.45, 2.75) is 52.2 Å². The van der Waals surface area contributed by atoms with E-state index >= 15 is 0 Å². The Kier molecular flexibility index (Phi) is 5.02. The Hall–Kier alpha value is -1.10. The lowest BCUT2D eigenvalue weighted by Crippen LogP contribution is -2.50. The van der Waals surface area contributed by atoms with Crippen molar-refractivity contribution in [1.82, 2.24) is 9.80 Å². The van der Waals surface area contributed by atoms with Crippen molar-refractivity contribution in [3.05, 3.63) is 0 Å². The molecule has 3 atom stereocenters. The molecule has 114 valence electrons. The fourth-order valence-corrected chi connectivity index (χ4v) is 3.12. The molecular weight excluding hydrogens is 256 g/mol. The highest BCUT2D eigenvalue weighted by Crippen LogP contribution is 2.22. The van der Waals surface area contributed by atoms with Crippen molar-refractivity contribution in [2.75, 3.05) is 26.2 Å². The summed E-state index contributed by atoms with van der Waals surface area (Å²) >= 11 is 0. The van der Waals surface area contributed by atoms with E-state index in [9.17, 15) is 9.59 Å². The van der Waals surface area contributed by atoms with Gasteiger partial charge in [-0.15, -0.1) is 0 Å². The van der Waals surface area contributed by atoms with Gasteiger partial charge in [-0.1, -0.05) is 13.3 Å². The van der Waals surface area contributed by atoms with E-state index in [4.69, 9.17) is 4.74 Å². The largest absolute Gasteiger partial charge is 0.372 e. The Morgan fingerprint density at radius 3 is 2.50 bits per heavy atom. The summed E-state index contributed by atoms with van der Waals surface area (Å²) < 4.78 is 5.65. The fourth-order valence-electron chi connectivity index (χ4n) is 3.12. The van der Waals surface area contributed by atoms with Crippen LogP contribution in [-0.2, 0) is 14.3 Å². The summed E-state index contributed by atoms with van der Waals surface area (Å²) in [6, 6.07) is 0. The van der Waals surface area contributed by atoms with Crippen LogP contribution in [0.2, 0.25) is 0 Å². The highest BCUT2D eigenvalue weighted by molar-refractivity contribution is 5.89. The van der Waals surface area contributed by atoms with Crippen LogP contribution >= 0.6 is 0 Å². The Balaban J connectivity index is 1.91. The van der Waals surface area contributed by atoms with Gasteiger partial charge in [0.05, 0.1) is 18.1 Å². The summed E-state index contributed by atoms with van der Waals surface area (Å²) in [7, 11) is 0. The first-order chi connectivity index (χ1) is 9.51. The van der Waals surface area contributed by atoms with E-state index in [1.165, 1.54) is 0 Å². The standard InChI is InChI=1S/C15H26N2O3/c1-4-5-6-16-10-13(7-14(16)18)15(19)17-8-11(2)20-12(3)9-17/h11-13H,4-10H2,1-3H3/t11-,12-,13+/m0/s1. The second-order valence-corrected chi connectivity index (χ2v) is 6.09. The third-order valence-corrected chi connectivity index (χ3v) is 4.08. The van der Waals surface area contributed by atoms with Gasteiger partial charge in [-0.05, 0) is 20.3 Å². The summed E-state index contributed by atoms with van der Waals surface area (Å²) in [5.74, 6) is 0.0994. The quantitative estimate of drug-likeness (QED) is 0.780. The maximum atomic E-state index is 12.5. The molecule has 0 N–H and O–H groups in total. The highest BCUT2D eigenvalue weighted by Gasteiger charge is 2.37. The molecule has 0 bridgehead atoms. The molecule has 0 aliphatic carbocycles. The Morgan fingerprint density at radius 2 is 1.90 bits per heavy atom. The van der Waals surface area contributed by atoms with Crippen LogP contribution in [0.5, 0.6) is 0 Å². The number of carbonyl (C=O) groups is 2. The lowest BCUT2D eigenvalue weighted by atomic mass is 10.1. The maximum Gasteiger partial charge on any atom is 0.228 e. The van der Waals surface area contributed by atoms with E-state index in [0.29, 0.717) is 26.1 Å². The van der Waals surface area contributed by atoms with E-state index in [0.717, 1.165) is 19.4 Å². The van der Waals surface area contributed by atoms with Gasteiger partial charge in [0, 0.05) is 32.6 Å². The molecule has 0 aromatic rings. The van der Waals surface area contributed by atoms with Gasteiger partial charge < -0.3 is 14.5 Å². The molecular formula is C15H26N2O3. The average molecular weight is 282 g/mol. The van der Waals surface area contributed by atoms with E-state index < -0.39 is 0 Å². The first kappa shape index (κ1) is 15.3. The van der Waals surface area contributed by atoms with E-state index in [1.54, 1.807) is 0 Å². The number of amides is 2. The number of hydrogen-bond donors (Lipinski definition) is 0. The molecule has 2 aliphatic heterocycles. The Labute approximate surface area is 121 Å². The van der Waals surface area contributed by atoms with E-state index in [-0.39, 0.29) is 29.9 Å². The Bertz CT molecular complexity index is 362. The normalized spacial score (nSPS) is 30.9. The zero-order valence-corrected chi connectivity index (χ0v) is 12.8. The molecule has 0 unspecified atom stereocenters. The number of likely N-dealkylation sites (tertiary alicyclic amines) is 1. The van der Waals surface area contributed by atoms with Crippen LogP contribution in [0.25, 0.3) is 0 Å². The van der Waals surface area contributed by atoms with Crippen LogP contribution in [0.4, 0.5) is 0 Å². The number of nitrogens with zero attached hydrogens (tertiary/aromatic N) is 2. The molecule has 0 radical (unpaired) electrons. The van der Waals surface area contributed by atoms with Gasteiger partial charge in [-0.2, -0.15) is 0 Å². The summed E-state index contributed by atoms with van der Waals surface area (Å²) in [6.45, 7) is 8.75. The lowest BCUT2D eigenvalue weighted by Gasteiger charge is -2.36. The van der Waals surface area contributed by atoms with Crippen molar-refractivity contribution in [1.29, 1.82) is 0 Å². The Morgan fingerprint density at radius 1 is 1.25 bits per heavy atom. The van der Waals surface area contributed by atoms with Crippen molar-refractivity contribution in [3.63, 3.8) is 0 Å². The topological polar surface area (TPSA) is 49.9 Å². The van der Waals surface area contributed by atoms with Crippen LogP contribution in [-0.4, -0.2) is 60.0 Å². The SMILES string of the molecule is CCCCN1C[C@H](C(=O)N2C[C@H](C)O[C@@H](C)C2)CC1=O. The van der Waals surface area contributed by atoms with Crippen molar-refractivity contribution in [3.8, 4) is 0 Å².